The van der Waals surface area contributed by atoms with Crippen LogP contribution < -0.4 is 10.1 Å². The quantitative estimate of drug-likeness (QED) is 0.204. The van der Waals surface area contributed by atoms with Gasteiger partial charge in [-0.1, -0.05) is 12.1 Å². The van der Waals surface area contributed by atoms with Gasteiger partial charge in [0.25, 0.3) is 5.91 Å². The molecule has 1 N–H and O–H groups in total. The van der Waals surface area contributed by atoms with E-state index in [2.05, 4.69) is 20.4 Å². The molecule has 37 heavy (non-hydrogen) atoms. The predicted molar refractivity (Wildman–Crippen MR) is 134 cm³/mol. The standard InChI is InChI=1S/C25H21ClN6O5/c1-2-36-14-17-12-28-25(26)29-24(17)37-19-5-3-4-18(11-19)31-13-21(22(30-31)32(34)35)15-6-7-20-16(10-15)8-9-27-23(20)33/h3-7,10-13H,2,8-9,14H2,1H3,(H,27,33). The predicted octanol–water partition coefficient (Wildman–Crippen LogP) is 4.51. The number of carbonyl (C=O) groups excluding carboxylic acids is 1. The highest BCUT2D eigenvalue weighted by molar-refractivity contribution is 6.28. The van der Waals surface area contributed by atoms with Gasteiger partial charge in [0.05, 0.1) is 29.2 Å². The Morgan fingerprint density at radius 1 is 1.22 bits per heavy atom. The Morgan fingerprint density at radius 3 is 2.89 bits per heavy atom. The highest BCUT2D eigenvalue weighted by atomic mass is 35.5. The van der Waals surface area contributed by atoms with Crippen molar-refractivity contribution in [1.82, 2.24) is 25.1 Å². The van der Waals surface area contributed by atoms with Crippen LogP contribution in [0.4, 0.5) is 5.82 Å². The number of nitrogens with one attached hydrogen (secondary N) is 1. The molecule has 0 fully saturated rings. The zero-order valence-corrected chi connectivity index (χ0v) is 20.4. The third-order valence-corrected chi connectivity index (χ3v) is 5.94. The van der Waals surface area contributed by atoms with E-state index in [4.69, 9.17) is 21.1 Å². The molecule has 1 amide bonds. The maximum absolute atomic E-state index is 12.1. The number of nitro groups is 1. The molecule has 0 bridgehead atoms. The lowest BCUT2D eigenvalue weighted by Gasteiger charge is -2.16. The van der Waals surface area contributed by atoms with Crippen molar-refractivity contribution in [2.45, 2.75) is 20.0 Å². The second-order valence-electron chi connectivity index (χ2n) is 8.15. The SMILES string of the molecule is CCOCc1cnc(Cl)nc1Oc1cccc(-n2cc(-c3ccc4c(c3)CCNC4=O)c([N+](=O)[O-])n2)c1. The summed E-state index contributed by atoms with van der Waals surface area (Å²) < 4.78 is 12.8. The minimum atomic E-state index is -0.527. The van der Waals surface area contributed by atoms with Crippen LogP contribution in [0.1, 0.15) is 28.4 Å². The lowest BCUT2D eigenvalue weighted by atomic mass is 9.96. The number of rotatable bonds is 8. The van der Waals surface area contributed by atoms with E-state index in [0.29, 0.717) is 53.3 Å². The average Bonchev–Trinajstić information content (AvgIpc) is 3.35. The van der Waals surface area contributed by atoms with Gasteiger partial charge in [-0.25, -0.2) is 4.98 Å². The molecule has 5 rings (SSSR count). The van der Waals surface area contributed by atoms with E-state index in [9.17, 15) is 14.9 Å². The molecule has 0 spiro atoms. The number of nitrogens with zero attached hydrogens (tertiary/aromatic N) is 5. The van der Waals surface area contributed by atoms with Crippen LogP contribution in [0.2, 0.25) is 5.28 Å². The smallest absolute Gasteiger partial charge is 0.398 e. The van der Waals surface area contributed by atoms with Crippen molar-refractivity contribution in [3.8, 4) is 28.4 Å². The molecule has 0 aliphatic carbocycles. The summed E-state index contributed by atoms with van der Waals surface area (Å²) in [5, 5.41) is 18.9. The fourth-order valence-corrected chi connectivity index (χ4v) is 4.13. The van der Waals surface area contributed by atoms with E-state index >= 15 is 0 Å². The normalized spacial score (nSPS) is 12.6. The lowest BCUT2D eigenvalue weighted by Crippen LogP contribution is -2.31. The van der Waals surface area contributed by atoms with Crippen LogP contribution in [0, 0.1) is 10.1 Å². The van der Waals surface area contributed by atoms with Crippen LogP contribution in [0.15, 0.2) is 54.9 Å². The van der Waals surface area contributed by atoms with E-state index in [1.807, 2.05) is 6.92 Å². The van der Waals surface area contributed by atoms with E-state index in [1.165, 1.54) is 10.9 Å². The second-order valence-corrected chi connectivity index (χ2v) is 8.49. The van der Waals surface area contributed by atoms with E-state index in [0.717, 1.165) is 5.56 Å². The number of amides is 1. The molecule has 3 heterocycles. The van der Waals surface area contributed by atoms with E-state index in [-0.39, 0.29) is 29.5 Å². The molecule has 0 saturated heterocycles. The number of fused-ring (bicyclic) bond motifs is 1. The van der Waals surface area contributed by atoms with Gasteiger partial charge in [-0.3, -0.25) is 4.79 Å². The summed E-state index contributed by atoms with van der Waals surface area (Å²) >= 11 is 5.96. The molecule has 0 atom stereocenters. The molecule has 2 aromatic carbocycles. The summed E-state index contributed by atoms with van der Waals surface area (Å²) in [4.78, 5) is 31.5. The molecule has 1 aliphatic heterocycles. The van der Waals surface area contributed by atoms with Crippen LogP contribution in [0.5, 0.6) is 11.6 Å². The third kappa shape index (κ3) is 5.13. The van der Waals surface area contributed by atoms with Crippen LogP contribution in [0.25, 0.3) is 16.8 Å². The molecule has 0 radical (unpaired) electrons. The van der Waals surface area contributed by atoms with Gasteiger partial charge in [0, 0.05) is 31.0 Å². The largest absolute Gasteiger partial charge is 0.438 e. The first kappa shape index (κ1) is 24.3. The first-order valence-electron chi connectivity index (χ1n) is 11.5. The van der Waals surface area contributed by atoms with Crippen molar-refractivity contribution >= 4 is 23.3 Å². The Bertz CT molecular complexity index is 1500. The summed E-state index contributed by atoms with van der Waals surface area (Å²) in [7, 11) is 0. The molecule has 2 aromatic heterocycles. The maximum Gasteiger partial charge on any atom is 0.398 e. The zero-order valence-electron chi connectivity index (χ0n) is 19.7. The average molecular weight is 521 g/mol. The topological polar surface area (TPSA) is 134 Å². The summed E-state index contributed by atoms with van der Waals surface area (Å²) in [5.41, 5.74) is 3.51. The first-order chi connectivity index (χ1) is 17.9. The molecule has 0 saturated carbocycles. The van der Waals surface area contributed by atoms with Crippen LogP contribution >= 0.6 is 11.6 Å². The summed E-state index contributed by atoms with van der Waals surface area (Å²) in [5.74, 6) is 0.220. The lowest BCUT2D eigenvalue weighted by molar-refractivity contribution is -0.389. The van der Waals surface area contributed by atoms with Gasteiger partial charge in [0.1, 0.15) is 11.3 Å². The minimum absolute atomic E-state index is 0.0290. The maximum atomic E-state index is 12.1. The van der Waals surface area contributed by atoms with Crippen LogP contribution in [-0.2, 0) is 17.8 Å². The van der Waals surface area contributed by atoms with Gasteiger partial charge in [0.15, 0.2) is 0 Å². The number of halogens is 1. The van der Waals surface area contributed by atoms with Crippen molar-refractivity contribution in [2.75, 3.05) is 13.2 Å². The Kier molecular flexibility index (Phi) is 6.80. The molecule has 188 valence electrons. The van der Waals surface area contributed by atoms with Gasteiger partial charge in [-0.05, 0) is 65.3 Å². The van der Waals surface area contributed by atoms with Crippen LogP contribution in [0.3, 0.4) is 0 Å². The summed E-state index contributed by atoms with van der Waals surface area (Å²) in [6, 6.07) is 12.1. The van der Waals surface area contributed by atoms with Crippen molar-refractivity contribution in [3.63, 3.8) is 0 Å². The number of carbonyl (C=O) groups is 1. The van der Waals surface area contributed by atoms with Gasteiger partial charge >= 0.3 is 5.82 Å². The number of aromatic nitrogens is 4. The van der Waals surface area contributed by atoms with Crippen molar-refractivity contribution in [2.24, 2.45) is 0 Å². The monoisotopic (exact) mass is 520 g/mol. The number of benzene rings is 2. The number of hydrogen-bond donors (Lipinski definition) is 1. The van der Waals surface area contributed by atoms with Gasteiger partial charge in [-0.2, -0.15) is 4.98 Å². The number of ether oxygens (including phenoxy) is 2. The highest BCUT2D eigenvalue weighted by Gasteiger charge is 2.25. The Hall–Kier alpha value is -4.35. The Balaban J connectivity index is 1.48. The molecule has 11 nitrogen and oxygen atoms in total. The minimum Gasteiger partial charge on any atom is -0.438 e. The zero-order chi connectivity index (χ0) is 25.9. The van der Waals surface area contributed by atoms with Gasteiger partial charge in [0.2, 0.25) is 11.2 Å². The Labute approximate surface area is 216 Å². The molecule has 4 aromatic rings. The first-order valence-corrected chi connectivity index (χ1v) is 11.8. The van der Waals surface area contributed by atoms with Crippen molar-refractivity contribution < 1.29 is 19.2 Å². The fraction of sp³-hybridized carbons (Fsp3) is 0.200. The van der Waals surface area contributed by atoms with E-state index < -0.39 is 4.92 Å². The molecule has 0 unspecified atom stereocenters. The Morgan fingerprint density at radius 2 is 2.08 bits per heavy atom. The summed E-state index contributed by atoms with van der Waals surface area (Å²) in [6.45, 7) is 3.15. The molecular formula is C25H21ClN6O5. The number of hydrogen-bond acceptors (Lipinski definition) is 8. The molecular weight excluding hydrogens is 500 g/mol. The highest BCUT2D eigenvalue weighted by Crippen LogP contribution is 2.33. The van der Waals surface area contributed by atoms with Crippen LogP contribution in [-0.4, -0.2) is 43.7 Å². The summed E-state index contributed by atoms with van der Waals surface area (Å²) in [6.07, 6.45) is 3.77. The van der Waals surface area contributed by atoms with E-state index in [1.54, 1.807) is 48.7 Å². The van der Waals surface area contributed by atoms with Crippen molar-refractivity contribution in [3.05, 3.63) is 86.9 Å². The van der Waals surface area contributed by atoms with Crippen molar-refractivity contribution in [1.29, 1.82) is 0 Å². The molecule has 12 heteroatoms. The van der Waals surface area contributed by atoms with Gasteiger partial charge < -0.3 is 24.9 Å². The fourth-order valence-electron chi connectivity index (χ4n) is 4.00. The van der Waals surface area contributed by atoms with Gasteiger partial charge in [-0.15, -0.1) is 4.68 Å². The third-order valence-electron chi connectivity index (χ3n) is 5.76. The second kappa shape index (κ2) is 10.3. The molecule has 1 aliphatic rings.